The maximum atomic E-state index is 12.8. The molecule has 2 aliphatic rings. The van der Waals surface area contributed by atoms with E-state index in [4.69, 9.17) is 0 Å². The molecule has 0 saturated carbocycles. The SMILES string of the molecule is FC(F)(F)CC1CCNCCNCCNC2CCCN(C1)C2. The van der Waals surface area contributed by atoms with Gasteiger partial charge in [-0.2, -0.15) is 13.2 Å². The van der Waals surface area contributed by atoms with Gasteiger partial charge in [-0.15, -0.1) is 0 Å². The number of hydrogen-bond acceptors (Lipinski definition) is 4. The van der Waals surface area contributed by atoms with E-state index < -0.39 is 12.6 Å². The van der Waals surface area contributed by atoms with Crippen LogP contribution in [0.4, 0.5) is 13.2 Å². The first-order valence-corrected chi connectivity index (χ1v) is 8.47. The van der Waals surface area contributed by atoms with Crippen molar-refractivity contribution in [2.75, 3.05) is 52.4 Å². The Balaban J connectivity index is 1.91. The zero-order valence-electron chi connectivity index (χ0n) is 13.2. The molecule has 7 heteroatoms. The van der Waals surface area contributed by atoms with Gasteiger partial charge in [-0.1, -0.05) is 0 Å². The van der Waals surface area contributed by atoms with Gasteiger partial charge in [0.15, 0.2) is 0 Å². The Morgan fingerprint density at radius 2 is 1.64 bits per heavy atom. The first-order valence-electron chi connectivity index (χ1n) is 8.47. The smallest absolute Gasteiger partial charge is 0.315 e. The number of halogens is 3. The van der Waals surface area contributed by atoms with E-state index in [-0.39, 0.29) is 5.92 Å². The summed E-state index contributed by atoms with van der Waals surface area (Å²) in [5.74, 6) is -0.304. The van der Waals surface area contributed by atoms with Crippen molar-refractivity contribution in [2.24, 2.45) is 5.92 Å². The van der Waals surface area contributed by atoms with Crippen molar-refractivity contribution in [1.82, 2.24) is 20.9 Å². The summed E-state index contributed by atoms with van der Waals surface area (Å²) in [5, 5.41) is 10.1. The van der Waals surface area contributed by atoms with E-state index in [2.05, 4.69) is 20.9 Å². The highest BCUT2D eigenvalue weighted by Gasteiger charge is 2.33. The molecule has 3 unspecified atom stereocenters. The number of hydrogen-bond donors (Lipinski definition) is 3. The van der Waals surface area contributed by atoms with E-state index in [9.17, 15) is 13.2 Å². The van der Waals surface area contributed by atoms with Crippen LogP contribution in [0.2, 0.25) is 0 Å². The third-order valence-electron chi connectivity index (χ3n) is 4.48. The number of alkyl halides is 3. The largest absolute Gasteiger partial charge is 0.389 e. The molecule has 0 aromatic heterocycles. The average Bonchev–Trinajstić information content (AvgIpc) is 2.43. The topological polar surface area (TPSA) is 39.3 Å². The molecule has 0 amide bonds. The Morgan fingerprint density at radius 3 is 2.41 bits per heavy atom. The predicted octanol–water partition coefficient (Wildman–Crippen LogP) is 1.19. The van der Waals surface area contributed by atoms with E-state index in [1.807, 2.05) is 0 Å². The number of nitrogens with zero attached hydrogens (tertiary/aromatic N) is 1. The third kappa shape index (κ3) is 7.26. The van der Waals surface area contributed by atoms with E-state index >= 15 is 0 Å². The molecular formula is C15H29F3N4. The summed E-state index contributed by atoms with van der Waals surface area (Å²) in [7, 11) is 0. The molecule has 0 aromatic rings. The zero-order valence-corrected chi connectivity index (χ0v) is 13.2. The summed E-state index contributed by atoms with van der Waals surface area (Å²) in [4.78, 5) is 2.22. The Hall–Kier alpha value is -0.370. The second kappa shape index (κ2) is 9.05. The fourth-order valence-corrected chi connectivity index (χ4v) is 3.44. The van der Waals surface area contributed by atoms with Gasteiger partial charge in [0.1, 0.15) is 0 Å². The molecule has 2 heterocycles. The lowest BCUT2D eigenvalue weighted by Gasteiger charge is -2.36. The third-order valence-corrected chi connectivity index (χ3v) is 4.48. The lowest BCUT2D eigenvalue weighted by molar-refractivity contribution is -0.146. The van der Waals surface area contributed by atoms with Crippen molar-refractivity contribution in [3.8, 4) is 0 Å². The van der Waals surface area contributed by atoms with Crippen LogP contribution in [0, 0.1) is 5.92 Å². The highest BCUT2D eigenvalue weighted by Crippen LogP contribution is 2.27. The molecule has 2 bridgehead atoms. The van der Waals surface area contributed by atoms with E-state index in [0.29, 0.717) is 25.6 Å². The molecule has 3 N–H and O–H groups in total. The molecule has 22 heavy (non-hydrogen) atoms. The van der Waals surface area contributed by atoms with Crippen LogP contribution in [0.1, 0.15) is 25.7 Å². The van der Waals surface area contributed by atoms with Gasteiger partial charge in [-0.3, -0.25) is 0 Å². The van der Waals surface area contributed by atoms with Gasteiger partial charge < -0.3 is 20.9 Å². The van der Waals surface area contributed by atoms with Crippen molar-refractivity contribution in [3.63, 3.8) is 0 Å². The maximum absolute atomic E-state index is 12.8. The Labute approximate surface area is 131 Å². The second-order valence-corrected chi connectivity index (χ2v) is 6.53. The van der Waals surface area contributed by atoms with Gasteiger partial charge in [0, 0.05) is 51.7 Å². The van der Waals surface area contributed by atoms with Gasteiger partial charge in [0.2, 0.25) is 0 Å². The number of nitrogens with one attached hydrogen (secondary N) is 3. The summed E-state index contributed by atoms with van der Waals surface area (Å²) >= 11 is 0. The molecule has 2 rings (SSSR count). The molecule has 2 aliphatic heterocycles. The van der Waals surface area contributed by atoms with Crippen LogP contribution in [0.3, 0.4) is 0 Å². The van der Waals surface area contributed by atoms with Crippen LogP contribution in [-0.4, -0.2) is 69.5 Å². The fraction of sp³-hybridized carbons (Fsp3) is 1.00. The summed E-state index contributed by atoms with van der Waals surface area (Å²) in [5.41, 5.74) is 0. The summed E-state index contributed by atoms with van der Waals surface area (Å²) in [6.45, 7) is 6.57. The molecular weight excluding hydrogens is 293 g/mol. The first-order chi connectivity index (χ1) is 10.5. The van der Waals surface area contributed by atoms with Crippen LogP contribution in [0.25, 0.3) is 0 Å². The second-order valence-electron chi connectivity index (χ2n) is 6.53. The van der Waals surface area contributed by atoms with Gasteiger partial charge >= 0.3 is 6.18 Å². The lowest BCUT2D eigenvalue weighted by atomic mass is 9.97. The minimum absolute atomic E-state index is 0.304. The van der Waals surface area contributed by atoms with Crippen LogP contribution >= 0.6 is 0 Å². The van der Waals surface area contributed by atoms with E-state index in [0.717, 1.165) is 52.1 Å². The van der Waals surface area contributed by atoms with Crippen molar-refractivity contribution in [3.05, 3.63) is 0 Å². The molecule has 2 fully saturated rings. The minimum atomic E-state index is -4.06. The summed E-state index contributed by atoms with van der Waals surface area (Å²) in [6, 6.07) is 0.420. The molecule has 0 radical (unpaired) electrons. The monoisotopic (exact) mass is 322 g/mol. The quantitative estimate of drug-likeness (QED) is 0.678. The zero-order chi connectivity index (χ0) is 15.8. The maximum Gasteiger partial charge on any atom is 0.389 e. The Bertz CT molecular complexity index is 312. The highest BCUT2D eigenvalue weighted by molar-refractivity contribution is 4.81. The van der Waals surface area contributed by atoms with E-state index in [1.165, 1.54) is 0 Å². The summed E-state index contributed by atoms with van der Waals surface area (Å²) < 4.78 is 38.3. The van der Waals surface area contributed by atoms with Crippen molar-refractivity contribution in [1.29, 1.82) is 0 Å². The standard InChI is InChI=1S/C15H29F3N4/c16-15(17,18)10-13-3-4-19-5-6-20-7-8-21-14-2-1-9-22(11-13)12-14/h13-14,19-21H,1-12H2. The van der Waals surface area contributed by atoms with Crippen molar-refractivity contribution < 1.29 is 13.2 Å². The Morgan fingerprint density at radius 1 is 0.909 bits per heavy atom. The van der Waals surface area contributed by atoms with Crippen LogP contribution < -0.4 is 16.0 Å². The van der Waals surface area contributed by atoms with Crippen molar-refractivity contribution in [2.45, 2.75) is 37.9 Å². The van der Waals surface area contributed by atoms with Crippen LogP contribution in [-0.2, 0) is 0 Å². The number of fused-ring (bicyclic) bond motifs is 2. The van der Waals surface area contributed by atoms with Gasteiger partial charge in [0.05, 0.1) is 0 Å². The number of piperidine rings is 1. The predicted molar refractivity (Wildman–Crippen MR) is 82.0 cm³/mol. The average molecular weight is 322 g/mol. The summed E-state index contributed by atoms with van der Waals surface area (Å²) in [6.07, 6.45) is -1.94. The minimum Gasteiger partial charge on any atom is -0.315 e. The van der Waals surface area contributed by atoms with Gasteiger partial charge in [-0.05, 0) is 38.3 Å². The molecule has 0 aliphatic carbocycles. The van der Waals surface area contributed by atoms with Crippen LogP contribution in [0.15, 0.2) is 0 Å². The van der Waals surface area contributed by atoms with Gasteiger partial charge in [-0.25, -0.2) is 0 Å². The van der Waals surface area contributed by atoms with Crippen molar-refractivity contribution >= 4 is 0 Å². The van der Waals surface area contributed by atoms with Gasteiger partial charge in [0.25, 0.3) is 0 Å². The normalized spacial score (nSPS) is 33.1. The molecule has 0 aromatic carbocycles. The molecule has 3 atom stereocenters. The van der Waals surface area contributed by atoms with E-state index in [1.54, 1.807) is 0 Å². The molecule has 2 saturated heterocycles. The molecule has 130 valence electrons. The first kappa shape index (κ1) is 18.0. The Kier molecular flexibility index (Phi) is 7.40. The fourth-order valence-electron chi connectivity index (χ4n) is 3.44. The highest BCUT2D eigenvalue weighted by atomic mass is 19.4. The molecule has 0 spiro atoms. The van der Waals surface area contributed by atoms with Crippen LogP contribution in [0.5, 0.6) is 0 Å². The number of rotatable bonds is 1. The molecule has 4 nitrogen and oxygen atoms in total. The lowest BCUT2D eigenvalue weighted by Crippen LogP contribution is -2.49.